The Morgan fingerprint density at radius 1 is 1.16 bits per heavy atom. The molecule has 130 valence electrons. The van der Waals surface area contributed by atoms with Crippen molar-refractivity contribution < 1.29 is 24.2 Å². The van der Waals surface area contributed by atoms with Crippen molar-refractivity contribution in [2.45, 2.75) is 25.8 Å². The van der Waals surface area contributed by atoms with Gasteiger partial charge in [-0.2, -0.15) is 0 Å². The van der Waals surface area contributed by atoms with Crippen LogP contribution in [0, 0.1) is 0 Å². The van der Waals surface area contributed by atoms with E-state index in [1.54, 1.807) is 6.07 Å². The van der Waals surface area contributed by atoms with Crippen LogP contribution in [0.2, 0.25) is 0 Å². The molecule has 0 unspecified atom stereocenters. The van der Waals surface area contributed by atoms with Crippen LogP contribution in [0.5, 0.6) is 0 Å². The molecule has 2 aromatic rings. The number of ether oxygens (including phenoxy) is 1. The van der Waals surface area contributed by atoms with E-state index in [-0.39, 0.29) is 11.5 Å². The van der Waals surface area contributed by atoms with Gasteiger partial charge in [-0.1, -0.05) is 0 Å². The first-order valence-electron chi connectivity index (χ1n) is 7.96. The smallest absolute Gasteiger partial charge is 0.339 e. The molecule has 1 aliphatic heterocycles. The largest absolute Gasteiger partial charge is 0.478 e. The van der Waals surface area contributed by atoms with Crippen LogP contribution >= 0.6 is 0 Å². The molecule has 2 heterocycles. The maximum Gasteiger partial charge on any atom is 0.339 e. The number of methoxy groups -OCH3 is 1. The van der Waals surface area contributed by atoms with Crippen LogP contribution in [0.25, 0.3) is 0 Å². The molecule has 0 atom stereocenters. The fourth-order valence-electron chi connectivity index (χ4n) is 3.04. The first-order valence-corrected chi connectivity index (χ1v) is 7.96. The number of rotatable bonds is 4. The molecule has 25 heavy (non-hydrogen) atoms. The van der Waals surface area contributed by atoms with E-state index in [0.29, 0.717) is 23.5 Å². The number of amides is 1. The highest BCUT2D eigenvalue weighted by atomic mass is 16.5. The molecule has 7 heteroatoms. The minimum atomic E-state index is -1.03. The molecule has 7 nitrogen and oxygen atoms in total. The van der Waals surface area contributed by atoms with Gasteiger partial charge in [-0.05, 0) is 49.6 Å². The molecule has 0 fully saturated rings. The molecule has 0 saturated heterocycles. The molecular weight excluding hydrogens is 324 g/mol. The lowest BCUT2D eigenvalue weighted by Gasteiger charge is -2.18. The van der Waals surface area contributed by atoms with Gasteiger partial charge in [0, 0.05) is 17.9 Å². The number of aromatic carboxylic acids is 1. The van der Waals surface area contributed by atoms with Crippen LogP contribution < -0.4 is 5.32 Å². The van der Waals surface area contributed by atoms with E-state index in [0.717, 1.165) is 25.0 Å². The number of carbonyl (C=O) groups excluding carboxylic acids is 2. The van der Waals surface area contributed by atoms with E-state index in [9.17, 15) is 14.4 Å². The summed E-state index contributed by atoms with van der Waals surface area (Å²) in [6.45, 7) is 0.674. The lowest BCUT2D eigenvalue weighted by Crippen LogP contribution is -2.20. The summed E-state index contributed by atoms with van der Waals surface area (Å²) in [6.07, 6.45) is 2.63. The topological polar surface area (TPSA) is 97.6 Å². The van der Waals surface area contributed by atoms with Gasteiger partial charge in [0.05, 0.1) is 18.2 Å². The van der Waals surface area contributed by atoms with Crippen LogP contribution in [0.1, 0.15) is 49.7 Å². The Hall–Kier alpha value is -3.09. The lowest BCUT2D eigenvalue weighted by atomic mass is 10.1. The Morgan fingerprint density at radius 3 is 2.52 bits per heavy atom. The summed E-state index contributed by atoms with van der Waals surface area (Å²) in [4.78, 5) is 35.5. The molecule has 0 aliphatic carbocycles. The molecule has 1 aromatic heterocycles. The SMILES string of the molecule is COC(=O)c1cc(C(=O)Nc2ccc(C(=O)O)cc2)n2c1CCCC2. The predicted molar refractivity (Wildman–Crippen MR) is 90.1 cm³/mol. The highest BCUT2D eigenvalue weighted by Crippen LogP contribution is 2.25. The number of carboxylic acids is 1. The van der Waals surface area contributed by atoms with Crippen molar-refractivity contribution in [1.82, 2.24) is 4.57 Å². The van der Waals surface area contributed by atoms with Crippen LogP contribution in [0.4, 0.5) is 5.69 Å². The lowest BCUT2D eigenvalue weighted by molar-refractivity contribution is 0.0598. The molecule has 0 saturated carbocycles. The van der Waals surface area contributed by atoms with Crippen molar-refractivity contribution in [3.05, 3.63) is 52.8 Å². The van der Waals surface area contributed by atoms with Crippen molar-refractivity contribution in [3.63, 3.8) is 0 Å². The maximum atomic E-state index is 12.6. The number of hydrogen-bond donors (Lipinski definition) is 2. The zero-order valence-corrected chi connectivity index (χ0v) is 13.7. The molecule has 0 radical (unpaired) electrons. The molecule has 2 N–H and O–H groups in total. The fourth-order valence-corrected chi connectivity index (χ4v) is 3.04. The van der Waals surface area contributed by atoms with Gasteiger partial charge in [-0.25, -0.2) is 9.59 Å². The predicted octanol–water partition coefficient (Wildman–Crippen LogP) is 2.56. The second-order valence-corrected chi connectivity index (χ2v) is 5.83. The van der Waals surface area contributed by atoms with Gasteiger partial charge in [0.2, 0.25) is 0 Å². The minimum Gasteiger partial charge on any atom is -0.478 e. The first kappa shape index (κ1) is 16.8. The van der Waals surface area contributed by atoms with Crippen molar-refractivity contribution in [2.75, 3.05) is 12.4 Å². The van der Waals surface area contributed by atoms with Gasteiger partial charge in [-0.15, -0.1) is 0 Å². The summed E-state index contributed by atoms with van der Waals surface area (Å²) in [6, 6.07) is 7.47. The minimum absolute atomic E-state index is 0.144. The van der Waals surface area contributed by atoms with E-state index in [2.05, 4.69) is 5.32 Å². The normalized spacial score (nSPS) is 13.0. The highest BCUT2D eigenvalue weighted by molar-refractivity contribution is 6.05. The number of benzene rings is 1. The number of anilines is 1. The third kappa shape index (κ3) is 3.26. The van der Waals surface area contributed by atoms with Gasteiger partial charge < -0.3 is 19.7 Å². The Morgan fingerprint density at radius 2 is 1.88 bits per heavy atom. The third-order valence-electron chi connectivity index (χ3n) is 4.28. The first-order chi connectivity index (χ1) is 12.0. The number of carboxylic acid groups (broad SMARTS) is 1. The Kier molecular flexibility index (Phi) is 4.56. The van der Waals surface area contributed by atoms with E-state index < -0.39 is 11.9 Å². The quantitative estimate of drug-likeness (QED) is 0.832. The van der Waals surface area contributed by atoms with E-state index >= 15 is 0 Å². The Labute approximate surface area is 144 Å². The maximum absolute atomic E-state index is 12.6. The van der Waals surface area contributed by atoms with Crippen molar-refractivity contribution in [2.24, 2.45) is 0 Å². The zero-order valence-electron chi connectivity index (χ0n) is 13.7. The Bertz CT molecular complexity index is 836. The number of hydrogen-bond acceptors (Lipinski definition) is 4. The summed E-state index contributed by atoms with van der Waals surface area (Å²) in [5, 5.41) is 11.7. The number of esters is 1. The summed E-state index contributed by atoms with van der Waals surface area (Å²) in [7, 11) is 1.32. The van der Waals surface area contributed by atoms with E-state index in [1.807, 2.05) is 4.57 Å². The average Bonchev–Trinajstić information content (AvgIpc) is 3.01. The number of nitrogens with zero attached hydrogens (tertiary/aromatic N) is 1. The summed E-state index contributed by atoms with van der Waals surface area (Å²) >= 11 is 0. The van der Waals surface area contributed by atoms with Crippen molar-refractivity contribution >= 4 is 23.5 Å². The Balaban J connectivity index is 1.88. The molecule has 1 amide bonds. The third-order valence-corrected chi connectivity index (χ3v) is 4.28. The number of carbonyl (C=O) groups is 3. The zero-order chi connectivity index (χ0) is 18.0. The average molecular weight is 342 g/mol. The van der Waals surface area contributed by atoms with Gasteiger partial charge in [0.25, 0.3) is 5.91 Å². The van der Waals surface area contributed by atoms with Crippen LogP contribution in [-0.4, -0.2) is 34.6 Å². The van der Waals surface area contributed by atoms with Gasteiger partial charge >= 0.3 is 11.9 Å². The molecule has 0 spiro atoms. The molecule has 1 aliphatic rings. The van der Waals surface area contributed by atoms with Gasteiger partial charge in [-0.3, -0.25) is 4.79 Å². The molecule has 0 bridgehead atoms. The standard InChI is InChI=1S/C18H18N2O5/c1-25-18(24)13-10-15(20-9-3-2-4-14(13)20)16(21)19-12-7-5-11(6-8-12)17(22)23/h5-8,10H,2-4,9H2,1H3,(H,19,21)(H,22,23). The van der Waals surface area contributed by atoms with E-state index in [4.69, 9.17) is 9.84 Å². The van der Waals surface area contributed by atoms with Crippen molar-refractivity contribution in [3.8, 4) is 0 Å². The van der Waals surface area contributed by atoms with E-state index in [1.165, 1.54) is 31.4 Å². The molecular formula is C18H18N2O5. The number of aromatic nitrogens is 1. The number of nitrogens with one attached hydrogen (secondary N) is 1. The molecule has 3 rings (SSSR count). The summed E-state index contributed by atoms with van der Waals surface area (Å²) < 4.78 is 6.67. The summed E-state index contributed by atoms with van der Waals surface area (Å²) in [5.74, 6) is -1.82. The molecule has 1 aromatic carbocycles. The highest BCUT2D eigenvalue weighted by Gasteiger charge is 2.26. The van der Waals surface area contributed by atoms with Crippen LogP contribution in [0.15, 0.2) is 30.3 Å². The number of fused-ring (bicyclic) bond motifs is 1. The second-order valence-electron chi connectivity index (χ2n) is 5.83. The van der Waals surface area contributed by atoms with Crippen LogP contribution in [0.3, 0.4) is 0 Å². The van der Waals surface area contributed by atoms with Crippen molar-refractivity contribution in [1.29, 1.82) is 0 Å². The monoisotopic (exact) mass is 342 g/mol. The van der Waals surface area contributed by atoms with Crippen LogP contribution in [-0.2, 0) is 17.7 Å². The van der Waals surface area contributed by atoms with Gasteiger partial charge in [0.15, 0.2) is 0 Å². The fraction of sp³-hybridized carbons (Fsp3) is 0.278. The van der Waals surface area contributed by atoms with Gasteiger partial charge in [0.1, 0.15) is 5.69 Å². The summed E-state index contributed by atoms with van der Waals surface area (Å²) in [5.41, 5.74) is 2.28. The second kappa shape index (κ2) is 6.80.